The van der Waals surface area contributed by atoms with Crippen molar-refractivity contribution in [2.45, 2.75) is 33.7 Å². The number of nitrogens with one attached hydrogen (secondary N) is 1. The van der Waals surface area contributed by atoms with E-state index in [-0.39, 0.29) is 0 Å². The minimum Gasteiger partial charge on any atom is -0.356 e. The van der Waals surface area contributed by atoms with Gasteiger partial charge in [-0.1, -0.05) is 32.4 Å². The first-order chi connectivity index (χ1) is 8.52. The molecule has 4 heteroatoms. The maximum atomic E-state index is 6.17. The monoisotopic (exact) mass is 267 g/mol. The van der Waals surface area contributed by atoms with Crippen LogP contribution in [0.25, 0.3) is 0 Å². The van der Waals surface area contributed by atoms with Gasteiger partial charge in [0.25, 0.3) is 0 Å². The van der Waals surface area contributed by atoms with Crippen molar-refractivity contribution in [3.05, 3.63) is 22.8 Å². The van der Waals surface area contributed by atoms with E-state index in [4.69, 9.17) is 11.6 Å². The first kappa shape index (κ1) is 13.6. The number of rotatable bonds is 4. The van der Waals surface area contributed by atoms with Crippen molar-refractivity contribution < 1.29 is 0 Å². The van der Waals surface area contributed by atoms with Crippen LogP contribution in [0.5, 0.6) is 0 Å². The van der Waals surface area contributed by atoms with Gasteiger partial charge in [0.15, 0.2) is 0 Å². The lowest BCUT2D eigenvalue weighted by Gasteiger charge is -2.21. The second-order valence-electron chi connectivity index (χ2n) is 5.75. The number of nitrogens with zero attached hydrogens (tertiary/aromatic N) is 2. The van der Waals surface area contributed by atoms with E-state index in [1.165, 1.54) is 6.42 Å². The maximum absolute atomic E-state index is 6.17. The molecule has 0 amide bonds. The van der Waals surface area contributed by atoms with E-state index >= 15 is 0 Å². The summed E-state index contributed by atoms with van der Waals surface area (Å²) in [6, 6.07) is 2.12. The molecule has 0 atom stereocenters. The van der Waals surface area contributed by atoms with E-state index in [1.54, 1.807) is 6.20 Å². The Morgan fingerprint density at radius 2 is 2.28 bits per heavy atom. The number of halogens is 1. The van der Waals surface area contributed by atoms with Crippen LogP contribution in [-0.2, 0) is 6.54 Å². The number of aromatic nitrogens is 1. The molecular weight excluding hydrogens is 246 g/mol. The molecule has 1 aromatic rings. The van der Waals surface area contributed by atoms with E-state index in [1.807, 2.05) is 0 Å². The third kappa shape index (κ3) is 3.15. The van der Waals surface area contributed by atoms with E-state index in [0.717, 1.165) is 42.6 Å². The fourth-order valence-electron chi connectivity index (χ4n) is 2.34. The van der Waals surface area contributed by atoms with Crippen LogP contribution in [0.15, 0.2) is 12.3 Å². The van der Waals surface area contributed by atoms with Crippen molar-refractivity contribution in [2.75, 3.05) is 24.5 Å². The molecule has 1 aromatic heterocycles. The largest absolute Gasteiger partial charge is 0.356 e. The van der Waals surface area contributed by atoms with Crippen LogP contribution in [0.1, 0.15) is 32.8 Å². The number of hydrogen-bond donors (Lipinski definition) is 1. The summed E-state index contributed by atoms with van der Waals surface area (Å²) in [4.78, 5) is 6.81. The Morgan fingerprint density at radius 3 is 2.89 bits per heavy atom. The first-order valence-electron chi connectivity index (χ1n) is 6.62. The number of pyridine rings is 1. The summed E-state index contributed by atoms with van der Waals surface area (Å²) in [5.41, 5.74) is 1.52. The van der Waals surface area contributed by atoms with Crippen molar-refractivity contribution in [1.29, 1.82) is 0 Å². The van der Waals surface area contributed by atoms with Gasteiger partial charge in [0.1, 0.15) is 5.82 Å². The standard InChI is InChI=1S/C14H22ClN3/c1-4-16-8-11-7-13(17-9-12(11)15)18-6-5-14(2,3)10-18/h7,9,16H,4-6,8,10H2,1-3H3. The molecular formula is C14H22ClN3. The second-order valence-corrected chi connectivity index (χ2v) is 6.16. The summed E-state index contributed by atoms with van der Waals surface area (Å²) < 4.78 is 0. The minimum absolute atomic E-state index is 0.392. The summed E-state index contributed by atoms with van der Waals surface area (Å²) in [7, 11) is 0. The van der Waals surface area contributed by atoms with E-state index in [2.05, 4.69) is 42.0 Å². The number of anilines is 1. The average Bonchev–Trinajstić information content (AvgIpc) is 2.69. The Labute approximate surface area is 115 Å². The minimum atomic E-state index is 0.392. The molecule has 0 spiro atoms. The molecule has 0 unspecified atom stereocenters. The van der Waals surface area contributed by atoms with Crippen LogP contribution < -0.4 is 10.2 Å². The van der Waals surface area contributed by atoms with Gasteiger partial charge in [-0.3, -0.25) is 0 Å². The fourth-order valence-corrected chi connectivity index (χ4v) is 2.51. The summed E-state index contributed by atoms with van der Waals surface area (Å²) in [5, 5.41) is 4.06. The SMILES string of the molecule is CCNCc1cc(N2CCC(C)(C)C2)ncc1Cl. The van der Waals surface area contributed by atoms with Crippen LogP contribution in [0, 0.1) is 5.41 Å². The van der Waals surface area contributed by atoms with Gasteiger partial charge in [0.05, 0.1) is 5.02 Å². The molecule has 1 fully saturated rings. The molecule has 0 saturated carbocycles. The van der Waals surface area contributed by atoms with Gasteiger partial charge in [-0.25, -0.2) is 4.98 Å². The molecule has 100 valence electrons. The van der Waals surface area contributed by atoms with E-state index in [9.17, 15) is 0 Å². The highest BCUT2D eigenvalue weighted by Crippen LogP contribution is 2.32. The Bertz CT molecular complexity index is 418. The quantitative estimate of drug-likeness (QED) is 0.909. The lowest BCUT2D eigenvalue weighted by atomic mass is 9.93. The highest BCUT2D eigenvalue weighted by atomic mass is 35.5. The van der Waals surface area contributed by atoms with Gasteiger partial charge in [0.2, 0.25) is 0 Å². The molecule has 2 rings (SSSR count). The predicted molar refractivity (Wildman–Crippen MR) is 77.2 cm³/mol. The molecule has 1 saturated heterocycles. The molecule has 0 radical (unpaired) electrons. The highest BCUT2D eigenvalue weighted by Gasteiger charge is 2.29. The molecule has 3 nitrogen and oxygen atoms in total. The molecule has 1 N–H and O–H groups in total. The summed E-state index contributed by atoms with van der Waals surface area (Å²) in [6.45, 7) is 10.6. The molecule has 1 aliphatic heterocycles. The van der Waals surface area contributed by atoms with Gasteiger partial charge < -0.3 is 10.2 Å². The molecule has 0 aromatic carbocycles. The van der Waals surface area contributed by atoms with Crippen molar-refractivity contribution in [2.24, 2.45) is 5.41 Å². The molecule has 0 bridgehead atoms. The third-order valence-electron chi connectivity index (χ3n) is 3.49. The maximum Gasteiger partial charge on any atom is 0.128 e. The Kier molecular flexibility index (Phi) is 4.13. The predicted octanol–water partition coefficient (Wildman–Crippen LogP) is 3.08. The Balaban J connectivity index is 2.14. The third-order valence-corrected chi connectivity index (χ3v) is 3.83. The van der Waals surface area contributed by atoms with Crippen LogP contribution in [-0.4, -0.2) is 24.6 Å². The van der Waals surface area contributed by atoms with Crippen LogP contribution in [0.2, 0.25) is 5.02 Å². The fraction of sp³-hybridized carbons (Fsp3) is 0.643. The van der Waals surface area contributed by atoms with Crippen molar-refractivity contribution in [3.63, 3.8) is 0 Å². The summed E-state index contributed by atoms with van der Waals surface area (Å²) >= 11 is 6.17. The summed E-state index contributed by atoms with van der Waals surface area (Å²) in [6.07, 6.45) is 2.99. The zero-order valence-corrected chi connectivity index (χ0v) is 12.2. The Morgan fingerprint density at radius 1 is 1.50 bits per heavy atom. The summed E-state index contributed by atoms with van der Waals surface area (Å²) in [5.74, 6) is 1.05. The van der Waals surface area contributed by atoms with Crippen LogP contribution in [0.4, 0.5) is 5.82 Å². The van der Waals surface area contributed by atoms with Gasteiger partial charge in [-0.15, -0.1) is 0 Å². The van der Waals surface area contributed by atoms with Gasteiger partial charge >= 0.3 is 0 Å². The zero-order valence-electron chi connectivity index (χ0n) is 11.5. The van der Waals surface area contributed by atoms with Crippen molar-refractivity contribution in [3.8, 4) is 0 Å². The normalized spacial score (nSPS) is 18.3. The van der Waals surface area contributed by atoms with Crippen molar-refractivity contribution in [1.82, 2.24) is 10.3 Å². The lowest BCUT2D eigenvalue weighted by molar-refractivity contribution is 0.418. The average molecular weight is 268 g/mol. The first-order valence-corrected chi connectivity index (χ1v) is 7.00. The number of hydrogen-bond acceptors (Lipinski definition) is 3. The highest BCUT2D eigenvalue weighted by molar-refractivity contribution is 6.31. The van der Waals surface area contributed by atoms with Crippen LogP contribution in [0.3, 0.4) is 0 Å². The van der Waals surface area contributed by atoms with Gasteiger partial charge in [-0.2, -0.15) is 0 Å². The van der Waals surface area contributed by atoms with Crippen molar-refractivity contribution >= 4 is 17.4 Å². The van der Waals surface area contributed by atoms with E-state index in [0.29, 0.717) is 5.41 Å². The van der Waals surface area contributed by atoms with Gasteiger partial charge in [0, 0.05) is 25.8 Å². The smallest absolute Gasteiger partial charge is 0.128 e. The van der Waals surface area contributed by atoms with Crippen LogP contribution >= 0.6 is 11.6 Å². The molecule has 1 aliphatic rings. The topological polar surface area (TPSA) is 28.2 Å². The molecule has 18 heavy (non-hydrogen) atoms. The van der Waals surface area contributed by atoms with Gasteiger partial charge in [-0.05, 0) is 30.0 Å². The molecule has 2 heterocycles. The zero-order chi connectivity index (χ0) is 13.2. The van der Waals surface area contributed by atoms with E-state index < -0.39 is 0 Å². The Hall–Kier alpha value is -0.800. The second kappa shape index (κ2) is 5.45. The lowest BCUT2D eigenvalue weighted by Crippen LogP contribution is -2.24. The molecule has 0 aliphatic carbocycles.